The fourth-order valence-corrected chi connectivity index (χ4v) is 2.61. The number of nitrogens with one attached hydrogen (secondary N) is 1. The van der Waals surface area contributed by atoms with Gasteiger partial charge in [0, 0.05) is 13.7 Å². The first-order valence-corrected chi connectivity index (χ1v) is 6.49. The van der Waals surface area contributed by atoms with Gasteiger partial charge in [0.1, 0.15) is 10.8 Å². The summed E-state index contributed by atoms with van der Waals surface area (Å²) in [5.74, 6) is 0.875. The lowest BCUT2D eigenvalue weighted by Crippen LogP contribution is -2.42. The van der Waals surface area contributed by atoms with E-state index in [2.05, 4.69) is 24.3 Å². The zero-order valence-electron chi connectivity index (χ0n) is 11.3. The molecule has 1 saturated heterocycles. The first-order chi connectivity index (χ1) is 8.35. The molecule has 1 aliphatic rings. The molecular formula is C12H20N4OS. The van der Waals surface area contributed by atoms with Crippen molar-refractivity contribution in [2.45, 2.75) is 38.8 Å². The summed E-state index contributed by atoms with van der Waals surface area (Å²) in [5, 5.41) is 7.89. The Hall–Kier alpha value is -1.14. The van der Waals surface area contributed by atoms with Crippen LogP contribution in [0, 0.1) is 6.92 Å². The van der Waals surface area contributed by atoms with Crippen molar-refractivity contribution in [3.63, 3.8) is 0 Å². The Kier molecular flexibility index (Phi) is 3.33. The topological polar surface area (TPSA) is 65.1 Å². The molecule has 6 heteroatoms. The summed E-state index contributed by atoms with van der Waals surface area (Å²) in [5.41, 5.74) is 7.35. The summed E-state index contributed by atoms with van der Waals surface area (Å²) in [7, 11) is 1.89. The van der Waals surface area contributed by atoms with E-state index < -0.39 is 0 Å². The van der Waals surface area contributed by atoms with E-state index in [9.17, 15) is 0 Å². The van der Waals surface area contributed by atoms with E-state index in [0.29, 0.717) is 4.99 Å². The van der Waals surface area contributed by atoms with Gasteiger partial charge in [0.15, 0.2) is 0 Å². The Labute approximate surface area is 113 Å². The van der Waals surface area contributed by atoms with Crippen LogP contribution in [0.25, 0.3) is 0 Å². The van der Waals surface area contributed by atoms with Gasteiger partial charge in [-0.05, 0) is 27.2 Å². The van der Waals surface area contributed by atoms with Crippen LogP contribution in [0.5, 0.6) is 0 Å². The number of thiocarbonyl (C=S) groups is 1. The number of nitrogens with two attached hydrogens (primary N) is 1. The predicted octanol–water partition coefficient (Wildman–Crippen LogP) is 1.34. The summed E-state index contributed by atoms with van der Waals surface area (Å²) >= 11 is 5.11. The normalized spacial score (nSPS) is 27.4. The average molecular weight is 268 g/mol. The molecule has 2 rings (SSSR count). The Balaban J connectivity index is 2.37. The quantitative estimate of drug-likeness (QED) is 0.810. The largest absolute Gasteiger partial charge is 0.389 e. The third-order valence-corrected chi connectivity index (χ3v) is 3.96. The van der Waals surface area contributed by atoms with Crippen LogP contribution in [0.3, 0.4) is 0 Å². The summed E-state index contributed by atoms with van der Waals surface area (Å²) in [6.45, 7) is 6.90. The lowest BCUT2D eigenvalue weighted by molar-refractivity contribution is 0.105. The molecule has 5 nitrogen and oxygen atoms in total. The Morgan fingerprint density at radius 1 is 1.67 bits per heavy atom. The van der Waals surface area contributed by atoms with E-state index in [1.807, 2.05) is 14.0 Å². The minimum Gasteiger partial charge on any atom is -0.389 e. The standard InChI is InChI=1S/C12H20N4OS/c1-7-9(10(13)18)11(16(4)15-7)14-12(3)5-6-17-8(12)2/h8,14H,5-6H2,1-4H3,(H2,13,18). The van der Waals surface area contributed by atoms with Crippen molar-refractivity contribution in [3.8, 4) is 0 Å². The monoisotopic (exact) mass is 268 g/mol. The minimum absolute atomic E-state index is 0.111. The molecule has 1 aromatic heterocycles. The highest BCUT2D eigenvalue weighted by molar-refractivity contribution is 7.80. The molecule has 0 amide bonds. The van der Waals surface area contributed by atoms with E-state index >= 15 is 0 Å². The van der Waals surface area contributed by atoms with Crippen LogP contribution >= 0.6 is 12.2 Å². The zero-order valence-corrected chi connectivity index (χ0v) is 12.1. The van der Waals surface area contributed by atoms with Gasteiger partial charge in [0.25, 0.3) is 0 Å². The van der Waals surface area contributed by atoms with Crippen molar-refractivity contribution >= 4 is 23.0 Å². The smallest absolute Gasteiger partial charge is 0.135 e. The third kappa shape index (κ3) is 2.10. The van der Waals surface area contributed by atoms with Crippen LogP contribution in [0.1, 0.15) is 31.5 Å². The lowest BCUT2D eigenvalue weighted by Gasteiger charge is -2.30. The minimum atomic E-state index is -0.111. The fraction of sp³-hybridized carbons (Fsp3) is 0.667. The van der Waals surface area contributed by atoms with E-state index in [1.54, 1.807) is 4.68 Å². The molecule has 0 aliphatic carbocycles. The second kappa shape index (κ2) is 4.51. The van der Waals surface area contributed by atoms with E-state index in [0.717, 1.165) is 30.1 Å². The Morgan fingerprint density at radius 3 is 2.83 bits per heavy atom. The van der Waals surface area contributed by atoms with Gasteiger partial charge in [-0.15, -0.1) is 0 Å². The molecule has 1 aromatic rings. The number of hydrogen-bond donors (Lipinski definition) is 2. The third-order valence-electron chi connectivity index (χ3n) is 3.76. The Morgan fingerprint density at radius 2 is 2.33 bits per heavy atom. The van der Waals surface area contributed by atoms with Crippen LogP contribution in [-0.4, -0.2) is 33.0 Å². The zero-order chi connectivity index (χ0) is 13.5. The highest BCUT2D eigenvalue weighted by Crippen LogP contribution is 2.31. The maximum Gasteiger partial charge on any atom is 0.135 e. The summed E-state index contributed by atoms with van der Waals surface area (Å²) in [6, 6.07) is 0. The molecule has 2 atom stereocenters. The maximum absolute atomic E-state index is 5.79. The van der Waals surface area contributed by atoms with Gasteiger partial charge in [0.2, 0.25) is 0 Å². The van der Waals surface area contributed by atoms with Gasteiger partial charge in [-0.25, -0.2) is 0 Å². The van der Waals surface area contributed by atoms with Crippen LogP contribution < -0.4 is 11.1 Å². The number of nitrogens with zero attached hydrogens (tertiary/aromatic N) is 2. The molecule has 100 valence electrons. The summed E-state index contributed by atoms with van der Waals surface area (Å²) < 4.78 is 7.42. The van der Waals surface area contributed by atoms with Gasteiger partial charge in [-0.2, -0.15) is 5.10 Å². The molecule has 1 aliphatic heterocycles. The molecule has 0 aromatic carbocycles. The van der Waals surface area contributed by atoms with Crippen LogP contribution in [0.2, 0.25) is 0 Å². The molecule has 2 heterocycles. The van der Waals surface area contributed by atoms with Crippen molar-refractivity contribution in [1.29, 1.82) is 0 Å². The number of aromatic nitrogens is 2. The average Bonchev–Trinajstić information content (AvgIpc) is 2.70. The molecule has 2 unspecified atom stereocenters. The van der Waals surface area contributed by atoms with Gasteiger partial charge >= 0.3 is 0 Å². The SMILES string of the molecule is Cc1nn(C)c(NC2(C)CCOC2C)c1C(N)=S. The lowest BCUT2D eigenvalue weighted by atomic mass is 9.94. The maximum atomic E-state index is 5.79. The van der Waals surface area contributed by atoms with Crippen LogP contribution in [0.4, 0.5) is 5.82 Å². The van der Waals surface area contributed by atoms with Gasteiger partial charge in [0.05, 0.1) is 22.9 Å². The van der Waals surface area contributed by atoms with Crippen molar-refractivity contribution in [3.05, 3.63) is 11.3 Å². The second-order valence-corrected chi connectivity index (χ2v) is 5.54. The van der Waals surface area contributed by atoms with E-state index in [1.165, 1.54) is 0 Å². The van der Waals surface area contributed by atoms with E-state index in [-0.39, 0.29) is 11.6 Å². The molecule has 3 N–H and O–H groups in total. The van der Waals surface area contributed by atoms with Crippen molar-refractivity contribution < 1.29 is 4.74 Å². The number of aryl methyl sites for hydroxylation is 2. The second-order valence-electron chi connectivity index (χ2n) is 5.10. The van der Waals surface area contributed by atoms with Gasteiger partial charge < -0.3 is 15.8 Å². The Bertz CT molecular complexity index is 485. The van der Waals surface area contributed by atoms with Crippen molar-refractivity contribution in [2.75, 3.05) is 11.9 Å². The predicted molar refractivity (Wildman–Crippen MR) is 75.9 cm³/mol. The van der Waals surface area contributed by atoms with Crippen molar-refractivity contribution in [1.82, 2.24) is 9.78 Å². The summed E-state index contributed by atoms with van der Waals surface area (Å²) in [6.07, 6.45) is 1.10. The fourth-order valence-electron chi connectivity index (χ4n) is 2.37. The molecule has 18 heavy (non-hydrogen) atoms. The van der Waals surface area contributed by atoms with Crippen molar-refractivity contribution in [2.24, 2.45) is 12.8 Å². The van der Waals surface area contributed by atoms with E-state index in [4.69, 9.17) is 22.7 Å². The number of hydrogen-bond acceptors (Lipinski definition) is 4. The highest BCUT2D eigenvalue weighted by Gasteiger charge is 2.38. The molecule has 0 spiro atoms. The molecule has 0 saturated carbocycles. The highest BCUT2D eigenvalue weighted by atomic mass is 32.1. The molecular weight excluding hydrogens is 248 g/mol. The van der Waals surface area contributed by atoms with Crippen LogP contribution in [-0.2, 0) is 11.8 Å². The molecule has 0 bridgehead atoms. The van der Waals surface area contributed by atoms with Gasteiger partial charge in [-0.1, -0.05) is 12.2 Å². The first kappa shape index (κ1) is 13.3. The molecule has 0 radical (unpaired) electrons. The number of ether oxygens (including phenoxy) is 1. The van der Waals surface area contributed by atoms with Gasteiger partial charge in [-0.3, -0.25) is 4.68 Å². The summed E-state index contributed by atoms with van der Waals surface area (Å²) in [4.78, 5) is 0.373. The number of anilines is 1. The van der Waals surface area contributed by atoms with Crippen LogP contribution in [0.15, 0.2) is 0 Å². The first-order valence-electron chi connectivity index (χ1n) is 6.08. The number of rotatable bonds is 3. The molecule has 1 fully saturated rings.